The summed E-state index contributed by atoms with van der Waals surface area (Å²) in [6.45, 7) is 0. The van der Waals surface area contributed by atoms with Crippen LogP contribution in [0.2, 0.25) is 0 Å². The molecule has 2 aromatic carbocycles. The number of carbonyl (C=O) groups is 2. The molecular formula is C21H24O3. The zero-order valence-corrected chi connectivity index (χ0v) is 14.1. The van der Waals surface area contributed by atoms with Crippen molar-refractivity contribution in [1.29, 1.82) is 0 Å². The lowest BCUT2D eigenvalue weighted by Crippen LogP contribution is -2.14. The van der Waals surface area contributed by atoms with Crippen molar-refractivity contribution in [2.45, 2.75) is 38.0 Å². The topological polar surface area (TPSA) is 43.4 Å². The molecule has 3 nitrogen and oxygen atoms in total. The van der Waals surface area contributed by atoms with Crippen molar-refractivity contribution < 1.29 is 14.3 Å². The van der Waals surface area contributed by atoms with E-state index in [1.165, 1.54) is 12.7 Å². The molecule has 2 rings (SSSR count). The predicted molar refractivity (Wildman–Crippen MR) is 94.8 cm³/mol. The SMILES string of the molecule is COC(=O)CCCC(=O)[C@@H](CCc1ccccc1)c1ccccc1. The summed E-state index contributed by atoms with van der Waals surface area (Å²) in [4.78, 5) is 23.9. The number of Topliss-reactive ketones (excluding diaryl/α,β-unsaturated/α-hetero) is 1. The lowest BCUT2D eigenvalue weighted by molar-refractivity contribution is -0.140. The van der Waals surface area contributed by atoms with Gasteiger partial charge in [0, 0.05) is 18.8 Å². The van der Waals surface area contributed by atoms with Crippen molar-refractivity contribution in [3.63, 3.8) is 0 Å². The van der Waals surface area contributed by atoms with Gasteiger partial charge >= 0.3 is 5.97 Å². The maximum atomic E-state index is 12.7. The highest BCUT2D eigenvalue weighted by Gasteiger charge is 2.20. The molecule has 0 radical (unpaired) electrons. The van der Waals surface area contributed by atoms with Gasteiger partial charge in [0.15, 0.2) is 0 Å². The first-order valence-electron chi connectivity index (χ1n) is 8.39. The molecule has 0 heterocycles. The molecule has 0 aliphatic carbocycles. The zero-order chi connectivity index (χ0) is 17.2. The molecule has 24 heavy (non-hydrogen) atoms. The number of methoxy groups -OCH3 is 1. The van der Waals surface area contributed by atoms with Crippen molar-refractivity contribution in [1.82, 2.24) is 0 Å². The van der Waals surface area contributed by atoms with E-state index in [1.54, 1.807) is 0 Å². The van der Waals surface area contributed by atoms with Crippen LogP contribution in [0.15, 0.2) is 60.7 Å². The standard InChI is InChI=1S/C21H24O3/c1-24-21(23)14-8-13-20(22)19(18-11-6-3-7-12-18)16-15-17-9-4-2-5-10-17/h2-7,9-12,19H,8,13-16H2,1H3/t19-/m0/s1. The molecule has 0 saturated carbocycles. The fourth-order valence-electron chi connectivity index (χ4n) is 2.84. The summed E-state index contributed by atoms with van der Waals surface area (Å²) >= 11 is 0. The van der Waals surface area contributed by atoms with Crippen LogP contribution in [0, 0.1) is 0 Å². The van der Waals surface area contributed by atoms with E-state index in [2.05, 4.69) is 16.9 Å². The van der Waals surface area contributed by atoms with Crippen LogP contribution in [0.3, 0.4) is 0 Å². The van der Waals surface area contributed by atoms with Gasteiger partial charge < -0.3 is 4.74 Å². The molecule has 2 aromatic rings. The van der Waals surface area contributed by atoms with Crippen molar-refractivity contribution in [2.75, 3.05) is 7.11 Å². The molecule has 0 bridgehead atoms. The van der Waals surface area contributed by atoms with Gasteiger partial charge in [-0.3, -0.25) is 9.59 Å². The average molecular weight is 324 g/mol. The summed E-state index contributed by atoms with van der Waals surface area (Å²) in [5, 5.41) is 0. The third-order valence-electron chi connectivity index (χ3n) is 4.19. The normalized spacial score (nSPS) is 11.7. The minimum Gasteiger partial charge on any atom is -0.469 e. The van der Waals surface area contributed by atoms with Gasteiger partial charge in [-0.2, -0.15) is 0 Å². The second-order valence-electron chi connectivity index (χ2n) is 5.88. The van der Waals surface area contributed by atoms with Crippen LogP contribution in [0.5, 0.6) is 0 Å². The largest absolute Gasteiger partial charge is 0.469 e. The highest BCUT2D eigenvalue weighted by atomic mass is 16.5. The van der Waals surface area contributed by atoms with Gasteiger partial charge in [0.05, 0.1) is 7.11 Å². The summed E-state index contributed by atoms with van der Waals surface area (Å²) in [7, 11) is 1.37. The van der Waals surface area contributed by atoms with Gasteiger partial charge in [-0.25, -0.2) is 0 Å². The van der Waals surface area contributed by atoms with E-state index >= 15 is 0 Å². The van der Waals surface area contributed by atoms with Crippen LogP contribution in [0.4, 0.5) is 0 Å². The number of benzene rings is 2. The van der Waals surface area contributed by atoms with Crippen molar-refractivity contribution in [3.8, 4) is 0 Å². The number of esters is 1. The van der Waals surface area contributed by atoms with Crippen LogP contribution in [-0.2, 0) is 20.7 Å². The lowest BCUT2D eigenvalue weighted by Gasteiger charge is -2.16. The fraction of sp³-hybridized carbons (Fsp3) is 0.333. The minimum atomic E-state index is -0.261. The highest BCUT2D eigenvalue weighted by molar-refractivity contribution is 5.86. The summed E-state index contributed by atoms with van der Waals surface area (Å²) in [5.41, 5.74) is 2.29. The molecule has 3 heteroatoms. The molecule has 0 aromatic heterocycles. The van der Waals surface area contributed by atoms with Crippen LogP contribution < -0.4 is 0 Å². The average Bonchev–Trinajstić information content (AvgIpc) is 2.63. The van der Waals surface area contributed by atoms with E-state index < -0.39 is 0 Å². The number of aryl methyl sites for hydroxylation is 1. The van der Waals surface area contributed by atoms with Crippen molar-refractivity contribution in [2.24, 2.45) is 0 Å². The second-order valence-corrected chi connectivity index (χ2v) is 5.88. The number of hydrogen-bond acceptors (Lipinski definition) is 3. The van der Waals surface area contributed by atoms with E-state index in [0.29, 0.717) is 19.3 Å². The molecule has 0 unspecified atom stereocenters. The van der Waals surface area contributed by atoms with E-state index in [-0.39, 0.29) is 17.7 Å². The van der Waals surface area contributed by atoms with Gasteiger partial charge in [-0.1, -0.05) is 60.7 Å². The van der Waals surface area contributed by atoms with Crippen LogP contribution >= 0.6 is 0 Å². The molecule has 126 valence electrons. The molecule has 0 aliphatic rings. The Morgan fingerprint density at radius 1 is 0.917 bits per heavy atom. The number of ketones is 1. The Morgan fingerprint density at radius 2 is 1.54 bits per heavy atom. The number of rotatable bonds is 9. The fourth-order valence-corrected chi connectivity index (χ4v) is 2.84. The Bertz CT molecular complexity index is 635. The van der Waals surface area contributed by atoms with Crippen LogP contribution in [0.1, 0.15) is 42.7 Å². The summed E-state index contributed by atoms with van der Waals surface area (Å²) in [6, 6.07) is 20.1. The molecule has 0 spiro atoms. The Labute approximate surface area is 143 Å². The molecule has 0 amide bonds. The Hall–Kier alpha value is -2.42. The maximum absolute atomic E-state index is 12.7. The Morgan fingerprint density at radius 3 is 2.17 bits per heavy atom. The molecule has 0 N–H and O–H groups in total. The quantitative estimate of drug-likeness (QED) is 0.645. The monoisotopic (exact) mass is 324 g/mol. The number of hydrogen-bond donors (Lipinski definition) is 0. The Kier molecular flexibility index (Phi) is 7.21. The van der Waals surface area contributed by atoms with Gasteiger partial charge in [-0.15, -0.1) is 0 Å². The number of carbonyl (C=O) groups excluding carboxylic acids is 2. The van der Waals surface area contributed by atoms with E-state index in [4.69, 9.17) is 0 Å². The van der Waals surface area contributed by atoms with E-state index in [9.17, 15) is 9.59 Å². The Balaban J connectivity index is 2.00. The highest BCUT2D eigenvalue weighted by Crippen LogP contribution is 2.25. The zero-order valence-electron chi connectivity index (χ0n) is 14.1. The first-order valence-corrected chi connectivity index (χ1v) is 8.39. The predicted octanol–water partition coefficient (Wildman–Crippen LogP) is 4.32. The lowest BCUT2D eigenvalue weighted by atomic mass is 9.87. The van der Waals surface area contributed by atoms with Gasteiger partial charge in [0.25, 0.3) is 0 Å². The first-order chi connectivity index (χ1) is 11.7. The molecule has 0 aliphatic heterocycles. The van der Waals surface area contributed by atoms with E-state index in [0.717, 1.165) is 18.4 Å². The summed E-state index contributed by atoms with van der Waals surface area (Å²) < 4.78 is 4.63. The minimum absolute atomic E-state index is 0.121. The van der Waals surface area contributed by atoms with Crippen LogP contribution in [-0.4, -0.2) is 18.9 Å². The smallest absolute Gasteiger partial charge is 0.305 e. The van der Waals surface area contributed by atoms with Gasteiger partial charge in [0.1, 0.15) is 5.78 Å². The third kappa shape index (κ3) is 5.65. The third-order valence-corrected chi connectivity index (χ3v) is 4.19. The molecule has 0 saturated heterocycles. The van der Waals surface area contributed by atoms with Crippen molar-refractivity contribution in [3.05, 3.63) is 71.8 Å². The maximum Gasteiger partial charge on any atom is 0.305 e. The molecule has 1 atom stereocenters. The van der Waals surface area contributed by atoms with Gasteiger partial charge in [0.2, 0.25) is 0 Å². The van der Waals surface area contributed by atoms with E-state index in [1.807, 2.05) is 48.5 Å². The summed E-state index contributed by atoms with van der Waals surface area (Å²) in [5.74, 6) is -0.187. The van der Waals surface area contributed by atoms with Gasteiger partial charge in [-0.05, 0) is 30.4 Å². The molecular weight excluding hydrogens is 300 g/mol. The second kappa shape index (κ2) is 9.66. The molecule has 0 fully saturated rings. The van der Waals surface area contributed by atoms with Crippen LogP contribution in [0.25, 0.3) is 0 Å². The summed E-state index contributed by atoms with van der Waals surface area (Å²) in [6.07, 6.45) is 2.89. The first kappa shape index (κ1) is 17.9. The van der Waals surface area contributed by atoms with Crippen molar-refractivity contribution >= 4 is 11.8 Å². The number of ether oxygens (including phenoxy) is 1.